The van der Waals surface area contributed by atoms with Gasteiger partial charge in [0.1, 0.15) is 11.6 Å². The summed E-state index contributed by atoms with van der Waals surface area (Å²) >= 11 is 0. The van der Waals surface area contributed by atoms with Crippen molar-refractivity contribution in [3.63, 3.8) is 0 Å². The zero-order valence-corrected chi connectivity index (χ0v) is 9.92. The highest BCUT2D eigenvalue weighted by Crippen LogP contribution is 1.98. The maximum Gasteiger partial charge on any atom is 0.253 e. The molecule has 0 saturated heterocycles. The number of nitrogens with zero attached hydrogens (tertiary/aromatic N) is 4. The molecule has 2 aromatic rings. The summed E-state index contributed by atoms with van der Waals surface area (Å²) in [6, 6.07) is 3.26. The van der Waals surface area contributed by atoms with Crippen molar-refractivity contribution in [3.8, 4) is 0 Å². The summed E-state index contributed by atoms with van der Waals surface area (Å²) in [5, 5.41) is 4.06. The van der Waals surface area contributed by atoms with Gasteiger partial charge < -0.3 is 5.73 Å². The average molecular weight is 233 g/mol. The first kappa shape index (κ1) is 11.4. The van der Waals surface area contributed by atoms with E-state index in [0.717, 1.165) is 11.5 Å². The molecule has 2 N–H and O–H groups in total. The molecule has 17 heavy (non-hydrogen) atoms. The third-order valence-corrected chi connectivity index (χ3v) is 2.54. The molecule has 90 valence electrons. The quantitative estimate of drug-likeness (QED) is 0.829. The van der Waals surface area contributed by atoms with Crippen LogP contribution >= 0.6 is 0 Å². The zero-order chi connectivity index (χ0) is 12.4. The first-order valence-electron chi connectivity index (χ1n) is 5.40. The normalized spacial score (nSPS) is 10.7. The first-order chi connectivity index (χ1) is 8.06. The van der Waals surface area contributed by atoms with Crippen molar-refractivity contribution in [1.82, 2.24) is 19.3 Å². The van der Waals surface area contributed by atoms with E-state index in [9.17, 15) is 4.79 Å². The highest BCUT2D eigenvalue weighted by atomic mass is 16.1. The van der Waals surface area contributed by atoms with E-state index in [0.29, 0.717) is 18.9 Å². The van der Waals surface area contributed by atoms with Crippen LogP contribution in [-0.2, 0) is 13.1 Å². The Morgan fingerprint density at radius 1 is 1.35 bits per heavy atom. The zero-order valence-electron chi connectivity index (χ0n) is 9.92. The minimum absolute atomic E-state index is 0.0323. The van der Waals surface area contributed by atoms with E-state index < -0.39 is 0 Å². The van der Waals surface area contributed by atoms with Crippen LogP contribution in [0.4, 0.5) is 5.82 Å². The number of hydrogen-bond donors (Lipinski definition) is 1. The topological polar surface area (TPSA) is 78.7 Å². The molecule has 0 aliphatic rings. The van der Waals surface area contributed by atoms with Crippen LogP contribution in [0.1, 0.15) is 11.5 Å². The standard InChI is InChI=1S/C11H15N5O/c1-8-7-11(17)16(9(2)13-8)6-5-15-4-3-10(12)14-15/h3-4,7H,5-6H2,1-2H3,(H2,12,14). The lowest BCUT2D eigenvalue weighted by Crippen LogP contribution is -2.25. The first-order valence-corrected chi connectivity index (χ1v) is 5.40. The molecular weight excluding hydrogens is 218 g/mol. The summed E-state index contributed by atoms with van der Waals surface area (Å²) in [6.07, 6.45) is 1.79. The molecule has 2 rings (SSSR count). The van der Waals surface area contributed by atoms with Gasteiger partial charge in [0.05, 0.1) is 6.54 Å². The van der Waals surface area contributed by atoms with Crippen LogP contribution in [0, 0.1) is 13.8 Å². The third kappa shape index (κ3) is 2.52. The Morgan fingerprint density at radius 3 is 2.71 bits per heavy atom. The van der Waals surface area contributed by atoms with Crippen LogP contribution in [0.15, 0.2) is 23.1 Å². The van der Waals surface area contributed by atoms with Gasteiger partial charge in [-0.2, -0.15) is 5.10 Å². The molecule has 0 aliphatic heterocycles. The van der Waals surface area contributed by atoms with Gasteiger partial charge in [0.15, 0.2) is 0 Å². The summed E-state index contributed by atoms with van der Waals surface area (Å²) in [5.74, 6) is 1.20. The van der Waals surface area contributed by atoms with Crippen LogP contribution in [-0.4, -0.2) is 19.3 Å². The van der Waals surface area contributed by atoms with E-state index in [2.05, 4.69) is 10.1 Å². The lowest BCUT2D eigenvalue weighted by molar-refractivity contribution is 0.510. The van der Waals surface area contributed by atoms with E-state index >= 15 is 0 Å². The van der Waals surface area contributed by atoms with E-state index in [-0.39, 0.29) is 5.56 Å². The molecule has 0 aliphatic carbocycles. The van der Waals surface area contributed by atoms with Gasteiger partial charge in [-0.15, -0.1) is 0 Å². The highest BCUT2D eigenvalue weighted by molar-refractivity contribution is 5.23. The summed E-state index contributed by atoms with van der Waals surface area (Å²) in [7, 11) is 0. The lowest BCUT2D eigenvalue weighted by Gasteiger charge is -2.09. The van der Waals surface area contributed by atoms with Crippen LogP contribution in [0.25, 0.3) is 0 Å². The van der Waals surface area contributed by atoms with Crippen molar-refractivity contribution in [2.75, 3.05) is 5.73 Å². The maximum atomic E-state index is 11.8. The maximum absolute atomic E-state index is 11.8. The Balaban J connectivity index is 2.17. The minimum Gasteiger partial charge on any atom is -0.382 e. The number of aryl methyl sites for hydroxylation is 3. The molecule has 0 saturated carbocycles. The second kappa shape index (κ2) is 4.40. The Labute approximate surface area is 98.7 Å². The Hall–Kier alpha value is -2.11. The molecule has 0 spiro atoms. The SMILES string of the molecule is Cc1cc(=O)n(CCn2ccc(N)n2)c(C)n1. The Bertz CT molecular complexity index is 584. The van der Waals surface area contributed by atoms with Crippen molar-refractivity contribution in [2.24, 2.45) is 0 Å². The predicted molar refractivity (Wildman–Crippen MR) is 64.6 cm³/mol. The number of rotatable bonds is 3. The number of aromatic nitrogens is 4. The summed E-state index contributed by atoms with van der Waals surface area (Å²) in [5.41, 5.74) is 6.22. The van der Waals surface area contributed by atoms with Gasteiger partial charge in [-0.05, 0) is 19.9 Å². The van der Waals surface area contributed by atoms with E-state index in [1.54, 1.807) is 21.5 Å². The van der Waals surface area contributed by atoms with Crippen LogP contribution < -0.4 is 11.3 Å². The molecular formula is C11H15N5O. The number of anilines is 1. The van der Waals surface area contributed by atoms with Gasteiger partial charge in [-0.3, -0.25) is 14.0 Å². The molecule has 0 atom stereocenters. The lowest BCUT2D eigenvalue weighted by atomic mass is 10.4. The summed E-state index contributed by atoms with van der Waals surface area (Å²) in [4.78, 5) is 16.0. The molecule has 0 fully saturated rings. The molecule has 2 aromatic heterocycles. The average Bonchev–Trinajstić information content (AvgIpc) is 2.62. The molecule has 6 nitrogen and oxygen atoms in total. The summed E-state index contributed by atoms with van der Waals surface area (Å²) < 4.78 is 3.34. The van der Waals surface area contributed by atoms with Gasteiger partial charge >= 0.3 is 0 Å². The second-order valence-corrected chi connectivity index (χ2v) is 3.94. The third-order valence-electron chi connectivity index (χ3n) is 2.54. The molecule has 2 heterocycles. The molecule has 6 heteroatoms. The fourth-order valence-corrected chi connectivity index (χ4v) is 1.74. The smallest absolute Gasteiger partial charge is 0.253 e. The molecule has 0 aromatic carbocycles. The Morgan fingerprint density at radius 2 is 2.12 bits per heavy atom. The van der Waals surface area contributed by atoms with Crippen LogP contribution in [0.3, 0.4) is 0 Å². The molecule has 0 bridgehead atoms. The van der Waals surface area contributed by atoms with Gasteiger partial charge in [0, 0.05) is 24.5 Å². The number of nitrogen functional groups attached to an aromatic ring is 1. The molecule has 0 radical (unpaired) electrons. The van der Waals surface area contributed by atoms with Crippen molar-refractivity contribution < 1.29 is 0 Å². The fraction of sp³-hybridized carbons (Fsp3) is 0.364. The van der Waals surface area contributed by atoms with Gasteiger partial charge in [0.25, 0.3) is 5.56 Å². The number of hydrogen-bond acceptors (Lipinski definition) is 4. The van der Waals surface area contributed by atoms with Gasteiger partial charge in [-0.25, -0.2) is 4.98 Å². The minimum atomic E-state index is -0.0323. The highest BCUT2D eigenvalue weighted by Gasteiger charge is 2.03. The predicted octanol–water partition coefficient (Wildman–Crippen LogP) is 0.339. The summed E-state index contributed by atoms with van der Waals surface area (Å²) in [6.45, 7) is 4.78. The van der Waals surface area contributed by atoms with E-state index in [4.69, 9.17) is 5.73 Å². The molecule has 0 unspecified atom stereocenters. The number of nitrogens with two attached hydrogens (primary N) is 1. The van der Waals surface area contributed by atoms with Crippen molar-refractivity contribution in [3.05, 3.63) is 40.2 Å². The van der Waals surface area contributed by atoms with Gasteiger partial charge in [0.2, 0.25) is 0 Å². The second-order valence-electron chi connectivity index (χ2n) is 3.94. The van der Waals surface area contributed by atoms with Crippen LogP contribution in [0.2, 0.25) is 0 Å². The Kier molecular flexibility index (Phi) is 2.95. The largest absolute Gasteiger partial charge is 0.382 e. The molecule has 0 amide bonds. The van der Waals surface area contributed by atoms with E-state index in [1.165, 1.54) is 6.07 Å². The van der Waals surface area contributed by atoms with Gasteiger partial charge in [-0.1, -0.05) is 0 Å². The van der Waals surface area contributed by atoms with Crippen LogP contribution in [0.5, 0.6) is 0 Å². The van der Waals surface area contributed by atoms with E-state index in [1.807, 2.05) is 13.8 Å². The van der Waals surface area contributed by atoms with Crippen molar-refractivity contribution in [1.29, 1.82) is 0 Å². The van der Waals surface area contributed by atoms with Crippen molar-refractivity contribution in [2.45, 2.75) is 26.9 Å². The van der Waals surface area contributed by atoms with Crippen molar-refractivity contribution >= 4 is 5.82 Å². The fourth-order valence-electron chi connectivity index (χ4n) is 1.74. The monoisotopic (exact) mass is 233 g/mol.